The number of carboxylic acids is 1. The number of nitrogens with one attached hydrogen (secondary N) is 1. The fraction of sp³-hybridized carbons (Fsp3) is 0.276. The minimum absolute atomic E-state index is 0.337. The Morgan fingerprint density at radius 3 is 2.64 bits per heavy atom. The van der Waals surface area contributed by atoms with Crippen molar-refractivity contribution in [2.24, 2.45) is 16.1 Å². The van der Waals surface area contributed by atoms with E-state index in [1.807, 2.05) is 55.5 Å². The van der Waals surface area contributed by atoms with E-state index in [1.54, 1.807) is 38.4 Å². The number of aliphatic imine (C=N–C) groups is 1. The second kappa shape index (κ2) is 10.6. The van der Waals surface area contributed by atoms with E-state index in [9.17, 15) is 9.90 Å². The summed E-state index contributed by atoms with van der Waals surface area (Å²) in [6.07, 6.45) is 5.96. The van der Waals surface area contributed by atoms with Gasteiger partial charge < -0.3 is 20.9 Å². The van der Waals surface area contributed by atoms with Crippen LogP contribution in [0.4, 0.5) is 11.5 Å². The van der Waals surface area contributed by atoms with Crippen molar-refractivity contribution in [3.63, 3.8) is 0 Å². The maximum absolute atomic E-state index is 11.6. The molecule has 1 aliphatic rings. The van der Waals surface area contributed by atoms with E-state index in [-0.39, 0.29) is 0 Å². The molecular formula is C29H32N4O3. The molecule has 0 bridgehead atoms. The predicted octanol–water partition coefficient (Wildman–Crippen LogP) is 5.73. The highest BCUT2D eigenvalue weighted by Crippen LogP contribution is 2.28. The molecule has 1 heterocycles. The van der Waals surface area contributed by atoms with Crippen LogP contribution in [0.2, 0.25) is 0 Å². The van der Waals surface area contributed by atoms with Gasteiger partial charge in [0.25, 0.3) is 0 Å². The van der Waals surface area contributed by atoms with E-state index in [4.69, 9.17) is 10.5 Å². The summed E-state index contributed by atoms with van der Waals surface area (Å²) in [4.78, 5) is 20.6. The maximum Gasteiger partial charge on any atom is 0.309 e. The van der Waals surface area contributed by atoms with Crippen LogP contribution in [0.5, 0.6) is 5.75 Å². The van der Waals surface area contributed by atoms with Gasteiger partial charge in [-0.2, -0.15) is 0 Å². The van der Waals surface area contributed by atoms with Gasteiger partial charge in [-0.1, -0.05) is 36.4 Å². The number of ether oxygens (including phenoxy) is 1. The minimum Gasteiger partial charge on any atom is -0.481 e. The number of allylic oxidation sites excluding steroid dienone is 1. The van der Waals surface area contributed by atoms with Crippen LogP contribution >= 0.6 is 0 Å². The van der Waals surface area contributed by atoms with Crippen LogP contribution in [0, 0.1) is 12.3 Å². The number of nitrogens with zero attached hydrogens (tertiary/aromatic N) is 2. The maximum atomic E-state index is 11.6. The van der Waals surface area contributed by atoms with Crippen molar-refractivity contribution in [1.29, 1.82) is 0 Å². The Labute approximate surface area is 211 Å². The molecule has 0 amide bonds. The highest BCUT2D eigenvalue weighted by atomic mass is 16.5. The molecule has 0 radical (unpaired) electrons. The minimum atomic E-state index is -0.861. The quantitative estimate of drug-likeness (QED) is 0.251. The zero-order valence-electron chi connectivity index (χ0n) is 20.9. The first-order chi connectivity index (χ1) is 17.2. The largest absolute Gasteiger partial charge is 0.481 e. The van der Waals surface area contributed by atoms with Crippen molar-refractivity contribution in [2.75, 3.05) is 5.32 Å². The highest BCUT2D eigenvalue weighted by Gasteiger charge is 2.27. The molecule has 4 rings (SSSR count). The van der Waals surface area contributed by atoms with Crippen molar-refractivity contribution in [2.45, 2.75) is 46.1 Å². The fourth-order valence-electron chi connectivity index (χ4n) is 3.75. The molecule has 0 atom stereocenters. The van der Waals surface area contributed by atoms with E-state index in [0.717, 1.165) is 35.2 Å². The second-order valence-corrected chi connectivity index (χ2v) is 9.83. The van der Waals surface area contributed by atoms with E-state index >= 15 is 0 Å². The Morgan fingerprint density at radius 2 is 1.94 bits per heavy atom. The number of aryl methyl sites for hydroxylation is 1. The van der Waals surface area contributed by atoms with Gasteiger partial charge in [0.15, 0.2) is 5.76 Å². The molecule has 1 saturated carbocycles. The number of pyridine rings is 1. The summed E-state index contributed by atoms with van der Waals surface area (Å²) in [5.41, 5.74) is 9.75. The number of nitrogens with two attached hydrogens (primary N) is 1. The van der Waals surface area contributed by atoms with Gasteiger partial charge in [0, 0.05) is 23.5 Å². The van der Waals surface area contributed by atoms with Crippen LogP contribution in [0.1, 0.15) is 43.4 Å². The normalized spacial score (nSPS) is 14.4. The molecule has 3 aromatic rings. The smallest absolute Gasteiger partial charge is 0.309 e. The average Bonchev–Trinajstić information content (AvgIpc) is 3.66. The predicted molar refractivity (Wildman–Crippen MR) is 144 cm³/mol. The van der Waals surface area contributed by atoms with Crippen LogP contribution in [-0.4, -0.2) is 28.3 Å². The van der Waals surface area contributed by atoms with Crippen molar-refractivity contribution >= 4 is 29.4 Å². The van der Waals surface area contributed by atoms with E-state index in [2.05, 4.69) is 15.3 Å². The molecule has 2 aromatic carbocycles. The fourth-order valence-corrected chi connectivity index (χ4v) is 3.75. The number of hydrogen-bond acceptors (Lipinski definition) is 6. The average molecular weight is 485 g/mol. The molecule has 1 aliphatic carbocycles. The van der Waals surface area contributed by atoms with E-state index in [0.29, 0.717) is 35.5 Å². The monoisotopic (exact) mass is 484 g/mol. The summed E-state index contributed by atoms with van der Waals surface area (Å²) in [5.74, 6) is 0.828. The Hall–Kier alpha value is -4.13. The molecule has 1 aromatic heterocycles. The third kappa shape index (κ3) is 6.72. The first kappa shape index (κ1) is 25.0. The molecule has 186 valence electrons. The third-order valence-electron chi connectivity index (χ3n) is 5.89. The summed E-state index contributed by atoms with van der Waals surface area (Å²) in [6, 6.07) is 19.5. The Bertz CT molecular complexity index is 1290. The van der Waals surface area contributed by atoms with Gasteiger partial charge >= 0.3 is 5.97 Å². The lowest BCUT2D eigenvalue weighted by Gasteiger charge is -2.20. The number of anilines is 2. The number of carboxylic acid groups (broad SMARTS) is 1. The van der Waals surface area contributed by atoms with Gasteiger partial charge in [0.05, 0.1) is 23.4 Å². The lowest BCUT2D eigenvalue weighted by Crippen LogP contribution is -2.26. The van der Waals surface area contributed by atoms with E-state index < -0.39 is 11.4 Å². The molecule has 7 heteroatoms. The van der Waals surface area contributed by atoms with Crippen molar-refractivity contribution in [1.82, 2.24) is 4.98 Å². The number of benzene rings is 2. The summed E-state index contributed by atoms with van der Waals surface area (Å²) in [7, 11) is 0. The lowest BCUT2D eigenvalue weighted by atomic mass is 9.85. The van der Waals surface area contributed by atoms with Gasteiger partial charge in [0.2, 0.25) is 0 Å². The summed E-state index contributed by atoms with van der Waals surface area (Å²) in [6.45, 7) is 5.44. The second-order valence-electron chi connectivity index (χ2n) is 9.83. The molecule has 0 aliphatic heterocycles. The number of aromatic nitrogens is 1. The molecule has 7 nitrogen and oxygen atoms in total. The van der Waals surface area contributed by atoms with Crippen LogP contribution in [0.25, 0.3) is 5.70 Å². The zero-order valence-corrected chi connectivity index (χ0v) is 20.9. The number of carbonyl (C=O) groups is 1. The number of rotatable bonds is 10. The molecule has 1 fully saturated rings. The lowest BCUT2D eigenvalue weighted by molar-refractivity contribution is -0.146. The molecule has 36 heavy (non-hydrogen) atoms. The first-order valence-electron chi connectivity index (χ1n) is 12.0. The Morgan fingerprint density at radius 1 is 1.19 bits per heavy atom. The van der Waals surface area contributed by atoms with Crippen LogP contribution in [-0.2, 0) is 11.2 Å². The summed E-state index contributed by atoms with van der Waals surface area (Å²) < 4.78 is 6.19. The van der Waals surface area contributed by atoms with Crippen LogP contribution < -0.4 is 15.8 Å². The van der Waals surface area contributed by atoms with Crippen molar-refractivity contribution in [3.05, 3.63) is 89.3 Å². The molecule has 0 spiro atoms. The molecule has 0 saturated heterocycles. The van der Waals surface area contributed by atoms with Gasteiger partial charge in [-0.15, -0.1) is 0 Å². The standard InChI is InChI=1S/C29H32N4O3/c1-19-13-20(17-29(2,3)28(34)35)15-23(14-19)33-26-16-24(11-12-31-26)36-25(18-32-22-9-10-22)27(30)21-7-5-4-6-8-21/h4-8,11-16,18,22H,9-10,17,30H2,1-3H3,(H,31,33)(H,34,35)/b27-25+,32-18?. The third-order valence-corrected chi connectivity index (χ3v) is 5.89. The van der Waals surface area contributed by atoms with Gasteiger partial charge in [0.1, 0.15) is 11.6 Å². The summed E-state index contributed by atoms with van der Waals surface area (Å²) in [5, 5.41) is 12.8. The summed E-state index contributed by atoms with van der Waals surface area (Å²) >= 11 is 0. The van der Waals surface area contributed by atoms with Gasteiger partial charge in [-0.05, 0) is 69.4 Å². The van der Waals surface area contributed by atoms with Crippen molar-refractivity contribution < 1.29 is 14.6 Å². The first-order valence-corrected chi connectivity index (χ1v) is 12.0. The topological polar surface area (TPSA) is 110 Å². The zero-order chi connectivity index (χ0) is 25.7. The van der Waals surface area contributed by atoms with Gasteiger partial charge in [-0.3, -0.25) is 9.79 Å². The van der Waals surface area contributed by atoms with E-state index in [1.165, 1.54) is 0 Å². The highest BCUT2D eigenvalue weighted by molar-refractivity contribution is 5.88. The Balaban J connectivity index is 1.56. The van der Waals surface area contributed by atoms with Gasteiger partial charge in [-0.25, -0.2) is 4.98 Å². The number of aliphatic carboxylic acids is 1. The number of hydrogen-bond donors (Lipinski definition) is 3. The Kier molecular flexibility index (Phi) is 7.38. The molecular weight excluding hydrogens is 452 g/mol. The SMILES string of the molecule is Cc1cc(CC(C)(C)C(=O)O)cc(Nc2cc(O/C(C=NC3CC3)=C(/N)c3ccccc3)ccn2)c1. The van der Waals surface area contributed by atoms with Crippen molar-refractivity contribution in [3.8, 4) is 5.75 Å². The molecule has 0 unspecified atom stereocenters. The molecule has 4 N–H and O–H groups in total. The van der Waals surface area contributed by atoms with Crippen LogP contribution in [0.15, 0.2) is 77.6 Å². The van der Waals surface area contributed by atoms with Crippen LogP contribution in [0.3, 0.4) is 0 Å².